The van der Waals surface area contributed by atoms with Crippen LogP contribution in [0.3, 0.4) is 0 Å². The summed E-state index contributed by atoms with van der Waals surface area (Å²) in [6.07, 6.45) is 10.2. The summed E-state index contributed by atoms with van der Waals surface area (Å²) in [4.78, 5) is 2.61. The lowest BCUT2D eigenvalue weighted by Crippen LogP contribution is -2.34. The van der Waals surface area contributed by atoms with Crippen molar-refractivity contribution in [1.29, 1.82) is 5.26 Å². The highest BCUT2D eigenvalue weighted by atomic mass is 32.1. The molecule has 180 valence electrons. The van der Waals surface area contributed by atoms with E-state index in [9.17, 15) is 5.26 Å². The number of benzene rings is 1. The standard InChI is InChI=1S/C27H41N5S/c1-6-10-12-22(8-3)19-32(20-23(9-4)13-11-7-2)25-16-14-24(15-17-25)29-30-27-26(18-28)21(5)31-33-27/h14-17,22-23H,6-13,19-20H2,1-5H3/b30-29+. The Kier molecular flexibility index (Phi) is 12.1. The molecule has 0 saturated carbocycles. The molecule has 0 amide bonds. The number of azo groups is 1. The largest absolute Gasteiger partial charge is 0.371 e. The average Bonchev–Trinajstić information content (AvgIpc) is 3.21. The van der Waals surface area contributed by atoms with Gasteiger partial charge >= 0.3 is 0 Å². The number of anilines is 1. The lowest BCUT2D eigenvalue weighted by molar-refractivity contribution is 0.403. The molecule has 33 heavy (non-hydrogen) atoms. The Morgan fingerprint density at radius 2 is 1.52 bits per heavy atom. The highest BCUT2D eigenvalue weighted by Gasteiger charge is 2.17. The van der Waals surface area contributed by atoms with Gasteiger partial charge in [0.2, 0.25) is 0 Å². The molecule has 0 aliphatic rings. The summed E-state index contributed by atoms with van der Waals surface area (Å²) in [5, 5.41) is 18.5. The molecule has 1 aromatic heterocycles. The highest BCUT2D eigenvalue weighted by Crippen LogP contribution is 2.30. The van der Waals surface area contributed by atoms with Crippen LogP contribution >= 0.6 is 11.5 Å². The van der Waals surface area contributed by atoms with Crippen molar-refractivity contribution < 1.29 is 0 Å². The lowest BCUT2D eigenvalue weighted by Gasteiger charge is -2.32. The van der Waals surface area contributed by atoms with Crippen LogP contribution < -0.4 is 4.90 Å². The van der Waals surface area contributed by atoms with E-state index in [1.165, 1.54) is 68.6 Å². The SMILES string of the molecule is CCCCC(CC)CN(CC(CC)CCCC)c1ccc(/N=N/c2snc(C)c2C#N)cc1. The van der Waals surface area contributed by atoms with Crippen LogP contribution in [0.4, 0.5) is 16.4 Å². The van der Waals surface area contributed by atoms with Gasteiger partial charge in [-0.25, -0.2) is 0 Å². The lowest BCUT2D eigenvalue weighted by atomic mass is 9.95. The third kappa shape index (κ3) is 8.55. The fraction of sp³-hybridized carbons (Fsp3) is 0.630. The van der Waals surface area contributed by atoms with Crippen molar-refractivity contribution in [3.63, 3.8) is 0 Å². The van der Waals surface area contributed by atoms with Crippen LogP contribution in [-0.4, -0.2) is 17.5 Å². The molecule has 0 aliphatic carbocycles. The molecule has 0 bridgehead atoms. The number of aryl methyl sites for hydroxylation is 1. The number of nitrogens with zero attached hydrogens (tertiary/aromatic N) is 5. The molecule has 2 rings (SSSR count). The van der Waals surface area contributed by atoms with E-state index in [-0.39, 0.29) is 0 Å². The maximum Gasteiger partial charge on any atom is 0.176 e. The molecule has 0 N–H and O–H groups in total. The van der Waals surface area contributed by atoms with Crippen LogP contribution in [0, 0.1) is 30.1 Å². The molecule has 0 spiro atoms. The zero-order chi connectivity index (χ0) is 24.1. The quantitative estimate of drug-likeness (QED) is 0.245. The van der Waals surface area contributed by atoms with Crippen molar-refractivity contribution in [2.24, 2.45) is 22.1 Å². The Labute approximate surface area is 205 Å². The van der Waals surface area contributed by atoms with Crippen LogP contribution in [0.2, 0.25) is 0 Å². The predicted octanol–water partition coefficient (Wildman–Crippen LogP) is 8.98. The summed E-state index contributed by atoms with van der Waals surface area (Å²) in [5.74, 6) is 1.46. The van der Waals surface area contributed by atoms with Crippen LogP contribution in [0.5, 0.6) is 0 Å². The van der Waals surface area contributed by atoms with Crippen molar-refractivity contribution in [2.75, 3.05) is 18.0 Å². The normalized spacial score (nSPS) is 13.2. The van der Waals surface area contributed by atoms with E-state index in [1.807, 2.05) is 19.1 Å². The summed E-state index contributed by atoms with van der Waals surface area (Å²) < 4.78 is 4.21. The van der Waals surface area contributed by atoms with Gasteiger partial charge in [0.25, 0.3) is 0 Å². The number of aromatic nitrogens is 1. The van der Waals surface area contributed by atoms with E-state index >= 15 is 0 Å². The molecule has 0 aliphatic heterocycles. The third-order valence-corrected chi connectivity index (χ3v) is 7.30. The summed E-state index contributed by atoms with van der Waals surface area (Å²) >= 11 is 1.22. The summed E-state index contributed by atoms with van der Waals surface area (Å²) in [6, 6.07) is 10.6. The zero-order valence-corrected chi connectivity index (χ0v) is 22.0. The second-order valence-corrected chi connectivity index (χ2v) is 9.77. The Bertz CT molecular complexity index is 863. The van der Waals surface area contributed by atoms with Gasteiger partial charge in [-0.1, -0.05) is 66.2 Å². The van der Waals surface area contributed by atoms with Gasteiger partial charge in [-0.05, 0) is 67.4 Å². The first-order valence-corrected chi connectivity index (χ1v) is 13.5. The third-order valence-electron chi connectivity index (χ3n) is 6.47. The Hall–Kier alpha value is -2.26. The molecule has 0 saturated heterocycles. The first kappa shape index (κ1) is 27.0. The number of nitriles is 1. The Balaban J connectivity index is 2.18. The first-order valence-electron chi connectivity index (χ1n) is 12.7. The molecule has 2 unspecified atom stereocenters. The van der Waals surface area contributed by atoms with Gasteiger partial charge in [0.1, 0.15) is 11.6 Å². The van der Waals surface area contributed by atoms with E-state index in [0.717, 1.165) is 30.6 Å². The summed E-state index contributed by atoms with van der Waals surface area (Å²) in [7, 11) is 0. The second kappa shape index (κ2) is 14.8. The van der Waals surface area contributed by atoms with Gasteiger partial charge in [-0.15, -0.1) is 10.2 Å². The molecule has 1 aromatic carbocycles. The second-order valence-electron chi connectivity index (χ2n) is 9.01. The van der Waals surface area contributed by atoms with Crippen LogP contribution in [0.1, 0.15) is 90.3 Å². The first-order chi connectivity index (χ1) is 16.1. The van der Waals surface area contributed by atoms with E-state index in [0.29, 0.717) is 16.3 Å². The summed E-state index contributed by atoms with van der Waals surface area (Å²) in [5.41, 5.74) is 3.29. The molecule has 6 heteroatoms. The molecular weight excluding hydrogens is 426 g/mol. The van der Waals surface area contributed by atoms with Crippen LogP contribution in [0.25, 0.3) is 0 Å². The molecule has 2 atom stereocenters. The van der Waals surface area contributed by atoms with Crippen molar-refractivity contribution in [2.45, 2.75) is 86.0 Å². The van der Waals surface area contributed by atoms with Crippen LogP contribution in [-0.2, 0) is 0 Å². The molecular formula is C27H41N5S. The Morgan fingerprint density at radius 1 is 0.939 bits per heavy atom. The van der Waals surface area contributed by atoms with Gasteiger partial charge in [-0.3, -0.25) is 0 Å². The fourth-order valence-electron chi connectivity index (χ4n) is 4.13. The summed E-state index contributed by atoms with van der Waals surface area (Å²) in [6.45, 7) is 13.3. The fourth-order valence-corrected chi connectivity index (χ4v) is 4.81. The average molecular weight is 468 g/mol. The van der Waals surface area contributed by atoms with E-state index in [2.05, 4.69) is 65.4 Å². The van der Waals surface area contributed by atoms with Gasteiger partial charge in [0, 0.05) is 18.8 Å². The van der Waals surface area contributed by atoms with E-state index in [4.69, 9.17) is 0 Å². The van der Waals surface area contributed by atoms with Crippen molar-refractivity contribution in [3.8, 4) is 6.07 Å². The van der Waals surface area contributed by atoms with Crippen molar-refractivity contribution in [1.82, 2.24) is 4.37 Å². The van der Waals surface area contributed by atoms with Gasteiger partial charge in [-0.2, -0.15) is 9.64 Å². The monoisotopic (exact) mass is 467 g/mol. The zero-order valence-electron chi connectivity index (χ0n) is 21.2. The maximum atomic E-state index is 9.28. The van der Waals surface area contributed by atoms with Crippen molar-refractivity contribution >= 4 is 27.9 Å². The highest BCUT2D eigenvalue weighted by molar-refractivity contribution is 7.10. The minimum atomic E-state index is 0.516. The molecule has 1 heterocycles. The minimum absolute atomic E-state index is 0.516. The van der Waals surface area contributed by atoms with Gasteiger partial charge < -0.3 is 4.90 Å². The van der Waals surface area contributed by atoms with Gasteiger partial charge in [0.05, 0.1) is 11.4 Å². The van der Waals surface area contributed by atoms with Gasteiger partial charge in [0.15, 0.2) is 5.00 Å². The number of unbranched alkanes of at least 4 members (excludes halogenated alkanes) is 2. The van der Waals surface area contributed by atoms with E-state index in [1.54, 1.807) is 0 Å². The topological polar surface area (TPSA) is 64.6 Å². The van der Waals surface area contributed by atoms with Crippen molar-refractivity contribution in [3.05, 3.63) is 35.5 Å². The molecule has 2 aromatic rings. The number of hydrogen-bond donors (Lipinski definition) is 0. The molecule has 0 radical (unpaired) electrons. The molecule has 5 nitrogen and oxygen atoms in total. The van der Waals surface area contributed by atoms with E-state index < -0.39 is 0 Å². The number of rotatable bonds is 15. The minimum Gasteiger partial charge on any atom is -0.371 e. The smallest absolute Gasteiger partial charge is 0.176 e. The van der Waals surface area contributed by atoms with Crippen LogP contribution in [0.15, 0.2) is 34.5 Å². The number of hydrogen-bond acceptors (Lipinski definition) is 6. The molecule has 0 fully saturated rings. The predicted molar refractivity (Wildman–Crippen MR) is 141 cm³/mol. The Morgan fingerprint density at radius 3 is 2.00 bits per heavy atom. The maximum absolute atomic E-state index is 9.28.